The predicted octanol–water partition coefficient (Wildman–Crippen LogP) is 5.20. The van der Waals surface area contributed by atoms with Crippen LogP contribution in [0.5, 0.6) is 0 Å². The molecule has 0 aliphatic heterocycles. The van der Waals surface area contributed by atoms with Gasteiger partial charge in [-0.05, 0) is 22.4 Å². The van der Waals surface area contributed by atoms with E-state index in [1.807, 2.05) is 12.3 Å². The number of benzene rings is 2. The van der Waals surface area contributed by atoms with Gasteiger partial charge >= 0.3 is 0 Å². The Morgan fingerprint density at radius 2 is 1.60 bits per heavy atom. The van der Waals surface area contributed by atoms with Crippen LogP contribution in [0.15, 0.2) is 60.8 Å². The summed E-state index contributed by atoms with van der Waals surface area (Å²) in [4.78, 5) is 4.57. The average Bonchev–Trinajstić information content (AvgIpc) is 2.46. The number of hydrogen-bond donors (Lipinski definition) is 0. The van der Waals surface area contributed by atoms with E-state index >= 15 is 0 Å². The molecule has 0 aliphatic carbocycles. The first kappa shape index (κ1) is 12.9. The van der Waals surface area contributed by atoms with E-state index in [4.69, 9.17) is 0 Å². The van der Waals surface area contributed by atoms with Crippen LogP contribution in [0.2, 0.25) is 0 Å². The highest BCUT2D eigenvalue weighted by Crippen LogP contribution is 2.30. The molecular formula is C19H19N. The third kappa shape index (κ3) is 2.32. The van der Waals surface area contributed by atoms with E-state index in [9.17, 15) is 0 Å². The van der Waals surface area contributed by atoms with Crippen LogP contribution in [-0.4, -0.2) is 4.98 Å². The summed E-state index contributed by atoms with van der Waals surface area (Å²) in [5, 5.41) is 2.47. The van der Waals surface area contributed by atoms with Crippen LogP contribution >= 0.6 is 0 Å². The Balaban J connectivity index is 2.22. The van der Waals surface area contributed by atoms with E-state index in [0.717, 1.165) is 5.69 Å². The van der Waals surface area contributed by atoms with Crippen LogP contribution in [0.3, 0.4) is 0 Å². The molecule has 0 N–H and O–H groups in total. The summed E-state index contributed by atoms with van der Waals surface area (Å²) in [5.74, 6) is 0. The Labute approximate surface area is 120 Å². The molecule has 0 radical (unpaired) electrons. The first-order valence-corrected chi connectivity index (χ1v) is 7.00. The van der Waals surface area contributed by atoms with Gasteiger partial charge in [-0.25, -0.2) is 0 Å². The molecule has 3 rings (SSSR count). The molecule has 100 valence electrons. The fourth-order valence-electron chi connectivity index (χ4n) is 2.47. The molecule has 0 amide bonds. The standard InChI is InChI=1S/C19H19N/c1-19(2,3)16-9-10-17-15(13-16)11-12-20-18(17)14-7-5-4-6-8-14/h4-13H,1-3H3. The molecule has 0 spiro atoms. The van der Waals surface area contributed by atoms with Gasteiger partial charge in [-0.15, -0.1) is 0 Å². The molecule has 1 nitrogen and oxygen atoms in total. The van der Waals surface area contributed by atoms with E-state index in [-0.39, 0.29) is 5.41 Å². The van der Waals surface area contributed by atoms with Crippen LogP contribution in [0, 0.1) is 0 Å². The molecule has 0 atom stereocenters. The quantitative estimate of drug-likeness (QED) is 0.586. The van der Waals surface area contributed by atoms with Crippen molar-refractivity contribution in [1.82, 2.24) is 4.98 Å². The van der Waals surface area contributed by atoms with Crippen LogP contribution in [0.4, 0.5) is 0 Å². The molecule has 1 heteroatoms. The molecule has 1 heterocycles. The van der Waals surface area contributed by atoms with E-state index in [2.05, 4.69) is 74.3 Å². The van der Waals surface area contributed by atoms with Gasteiger partial charge in [0.25, 0.3) is 0 Å². The number of pyridine rings is 1. The van der Waals surface area contributed by atoms with Crippen molar-refractivity contribution in [2.75, 3.05) is 0 Å². The van der Waals surface area contributed by atoms with Gasteiger partial charge in [0.15, 0.2) is 0 Å². The normalized spacial score (nSPS) is 11.8. The summed E-state index contributed by atoms with van der Waals surface area (Å²) in [6.07, 6.45) is 1.90. The zero-order valence-corrected chi connectivity index (χ0v) is 12.2. The van der Waals surface area contributed by atoms with Crippen LogP contribution in [-0.2, 0) is 5.41 Å². The zero-order chi connectivity index (χ0) is 14.2. The topological polar surface area (TPSA) is 12.9 Å². The fraction of sp³-hybridized carbons (Fsp3) is 0.211. The van der Waals surface area contributed by atoms with Crippen LogP contribution in [0.25, 0.3) is 22.0 Å². The monoisotopic (exact) mass is 261 g/mol. The van der Waals surface area contributed by atoms with E-state index in [1.54, 1.807) is 0 Å². The molecule has 20 heavy (non-hydrogen) atoms. The smallest absolute Gasteiger partial charge is 0.0780 e. The second-order valence-corrected chi connectivity index (χ2v) is 6.21. The molecule has 2 aromatic carbocycles. The number of nitrogens with zero attached hydrogens (tertiary/aromatic N) is 1. The third-order valence-corrected chi connectivity index (χ3v) is 3.68. The summed E-state index contributed by atoms with van der Waals surface area (Å²) in [5.41, 5.74) is 3.75. The van der Waals surface area contributed by atoms with Crippen LogP contribution in [0.1, 0.15) is 26.3 Å². The van der Waals surface area contributed by atoms with Gasteiger partial charge in [0, 0.05) is 17.1 Å². The summed E-state index contributed by atoms with van der Waals surface area (Å²) in [7, 11) is 0. The second kappa shape index (κ2) is 4.75. The minimum absolute atomic E-state index is 0.171. The lowest BCUT2D eigenvalue weighted by atomic mass is 9.85. The molecular weight excluding hydrogens is 242 g/mol. The highest BCUT2D eigenvalue weighted by Gasteiger charge is 2.14. The van der Waals surface area contributed by atoms with E-state index in [0.29, 0.717) is 0 Å². The first-order chi connectivity index (χ1) is 9.55. The minimum atomic E-state index is 0.171. The molecule has 0 saturated carbocycles. The largest absolute Gasteiger partial charge is 0.256 e. The molecule has 0 saturated heterocycles. The lowest BCUT2D eigenvalue weighted by Gasteiger charge is -2.19. The Kier molecular flexibility index (Phi) is 3.06. The van der Waals surface area contributed by atoms with Crippen LogP contribution < -0.4 is 0 Å². The molecule has 0 bridgehead atoms. The van der Waals surface area contributed by atoms with Gasteiger partial charge in [-0.3, -0.25) is 4.98 Å². The Hall–Kier alpha value is -2.15. The average molecular weight is 261 g/mol. The second-order valence-electron chi connectivity index (χ2n) is 6.21. The molecule has 3 aromatic rings. The molecule has 1 aromatic heterocycles. The Morgan fingerprint density at radius 3 is 2.30 bits per heavy atom. The molecule has 0 fully saturated rings. The van der Waals surface area contributed by atoms with Crippen molar-refractivity contribution in [3.8, 4) is 11.3 Å². The zero-order valence-electron chi connectivity index (χ0n) is 12.2. The van der Waals surface area contributed by atoms with Gasteiger partial charge in [0.05, 0.1) is 5.69 Å². The fourth-order valence-corrected chi connectivity index (χ4v) is 2.47. The van der Waals surface area contributed by atoms with Crippen molar-refractivity contribution in [3.05, 3.63) is 66.4 Å². The lowest BCUT2D eigenvalue weighted by molar-refractivity contribution is 0.591. The van der Waals surface area contributed by atoms with Crippen molar-refractivity contribution in [2.24, 2.45) is 0 Å². The summed E-state index contributed by atoms with van der Waals surface area (Å²) < 4.78 is 0. The van der Waals surface area contributed by atoms with E-state index in [1.165, 1.54) is 21.9 Å². The highest BCUT2D eigenvalue weighted by atomic mass is 14.7. The Morgan fingerprint density at radius 1 is 0.850 bits per heavy atom. The maximum atomic E-state index is 4.57. The number of hydrogen-bond acceptors (Lipinski definition) is 1. The SMILES string of the molecule is CC(C)(C)c1ccc2c(-c3ccccc3)nccc2c1. The van der Waals surface area contributed by atoms with Gasteiger partial charge in [0.1, 0.15) is 0 Å². The summed E-state index contributed by atoms with van der Waals surface area (Å²) in [6.45, 7) is 6.73. The number of fused-ring (bicyclic) bond motifs is 1. The van der Waals surface area contributed by atoms with Gasteiger partial charge in [-0.2, -0.15) is 0 Å². The molecule has 0 aliphatic rings. The van der Waals surface area contributed by atoms with Gasteiger partial charge in [-0.1, -0.05) is 69.3 Å². The van der Waals surface area contributed by atoms with Crippen molar-refractivity contribution >= 4 is 10.8 Å². The highest BCUT2D eigenvalue weighted by molar-refractivity contribution is 5.94. The summed E-state index contributed by atoms with van der Waals surface area (Å²) >= 11 is 0. The third-order valence-electron chi connectivity index (χ3n) is 3.68. The van der Waals surface area contributed by atoms with Gasteiger partial charge < -0.3 is 0 Å². The lowest BCUT2D eigenvalue weighted by Crippen LogP contribution is -2.10. The van der Waals surface area contributed by atoms with Crippen molar-refractivity contribution in [2.45, 2.75) is 26.2 Å². The predicted molar refractivity (Wildman–Crippen MR) is 85.9 cm³/mol. The maximum absolute atomic E-state index is 4.57. The number of rotatable bonds is 1. The summed E-state index contributed by atoms with van der Waals surface area (Å²) in [6, 6.07) is 19.2. The maximum Gasteiger partial charge on any atom is 0.0780 e. The Bertz CT molecular complexity index is 737. The van der Waals surface area contributed by atoms with E-state index < -0.39 is 0 Å². The van der Waals surface area contributed by atoms with Crippen molar-refractivity contribution < 1.29 is 0 Å². The molecule has 0 unspecified atom stereocenters. The van der Waals surface area contributed by atoms with Crippen molar-refractivity contribution in [3.63, 3.8) is 0 Å². The number of aromatic nitrogens is 1. The van der Waals surface area contributed by atoms with Gasteiger partial charge in [0.2, 0.25) is 0 Å². The van der Waals surface area contributed by atoms with Crippen molar-refractivity contribution in [1.29, 1.82) is 0 Å². The minimum Gasteiger partial charge on any atom is -0.256 e. The first-order valence-electron chi connectivity index (χ1n) is 7.00.